The highest BCUT2D eigenvalue weighted by Crippen LogP contribution is 2.31. The number of nitrogens with one attached hydrogen (secondary N) is 2. The predicted molar refractivity (Wildman–Crippen MR) is 78.5 cm³/mol. The Morgan fingerprint density at radius 2 is 1.86 bits per heavy atom. The Morgan fingerprint density at radius 1 is 1.24 bits per heavy atom. The zero-order valence-electron chi connectivity index (χ0n) is 12.3. The van der Waals surface area contributed by atoms with E-state index >= 15 is 0 Å². The lowest BCUT2D eigenvalue weighted by atomic mass is 9.84. The Hall–Kier alpha value is -1.85. The molecule has 2 N–H and O–H groups in total. The van der Waals surface area contributed by atoms with E-state index in [9.17, 15) is 14.4 Å². The molecule has 0 unspecified atom stereocenters. The van der Waals surface area contributed by atoms with Crippen LogP contribution in [0.1, 0.15) is 44.9 Å². The molecule has 1 heterocycles. The molecule has 1 aliphatic carbocycles. The number of carbonyl (C=O) groups is 3. The van der Waals surface area contributed by atoms with E-state index in [-0.39, 0.29) is 18.4 Å². The maximum absolute atomic E-state index is 12.6. The number of nitrogens with zero attached hydrogens (tertiary/aromatic N) is 1. The van der Waals surface area contributed by atoms with Gasteiger partial charge in [-0.15, -0.1) is 6.58 Å². The molecule has 0 atom stereocenters. The van der Waals surface area contributed by atoms with Gasteiger partial charge in [0.2, 0.25) is 5.91 Å². The van der Waals surface area contributed by atoms with Crippen molar-refractivity contribution in [2.45, 2.75) is 50.5 Å². The molecule has 6 nitrogen and oxygen atoms in total. The monoisotopic (exact) mass is 293 g/mol. The zero-order valence-corrected chi connectivity index (χ0v) is 12.3. The number of hydrogen-bond donors (Lipinski definition) is 2. The van der Waals surface area contributed by atoms with Crippen molar-refractivity contribution in [3.63, 3.8) is 0 Å². The number of rotatable bonds is 4. The first-order valence-corrected chi connectivity index (χ1v) is 7.61. The van der Waals surface area contributed by atoms with Gasteiger partial charge in [0.05, 0.1) is 0 Å². The van der Waals surface area contributed by atoms with Crippen LogP contribution in [0.25, 0.3) is 0 Å². The summed E-state index contributed by atoms with van der Waals surface area (Å²) in [5.74, 6) is -0.593. The molecule has 116 valence electrons. The molecule has 2 aliphatic rings. The summed E-state index contributed by atoms with van der Waals surface area (Å²) in [6.07, 6.45) is 8.12. The Morgan fingerprint density at radius 3 is 2.48 bits per heavy atom. The molecule has 1 aliphatic heterocycles. The van der Waals surface area contributed by atoms with Crippen molar-refractivity contribution in [2.24, 2.45) is 0 Å². The summed E-state index contributed by atoms with van der Waals surface area (Å²) in [7, 11) is 0. The molecule has 0 aromatic heterocycles. The number of imide groups is 1. The van der Waals surface area contributed by atoms with Crippen molar-refractivity contribution in [3.05, 3.63) is 12.7 Å². The van der Waals surface area contributed by atoms with Crippen molar-refractivity contribution in [1.29, 1.82) is 0 Å². The number of hydrogen-bond acceptors (Lipinski definition) is 3. The predicted octanol–water partition coefficient (Wildman–Crippen LogP) is 1.32. The van der Waals surface area contributed by atoms with Crippen LogP contribution >= 0.6 is 0 Å². The number of carbonyl (C=O) groups excluding carboxylic acids is 3. The van der Waals surface area contributed by atoms with Crippen LogP contribution < -0.4 is 10.6 Å². The second-order valence-corrected chi connectivity index (χ2v) is 5.76. The van der Waals surface area contributed by atoms with Crippen molar-refractivity contribution < 1.29 is 14.4 Å². The lowest BCUT2D eigenvalue weighted by Gasteiger charge is -2.28. The maximum Gasteiger partial charge on any atom is 0.325 e. The molecule has 0 aromatic carbocycles. The topological polar surface area (TPSA) is 78.5 Å². The summed E-state index contributed by atoms with van der Waals surface area (Å²) in [6, 6.07) is -0.450. The molecule has 0 aromatic rings. The zero-order chi connectivity index (χ0) is 15.3. The highest BCUT2D eigenvalue weighted by molar-refractivity contribution is 6.09. The summed E-state index contributed by atoms with van der Waals surface area (Å²) in [4.78, 5) is 37.4. The fraction of sp³-hybridized carbons (Fsp3) is 0.667. The molecule has 1 saturated heterocycles. The summed E-state index contributed by atoms with van der Waals surface area (Å²) in [5.41, 5.74) is -0.782. The third kappa shape index (κ3) is 3.43. The smallest absolute Gasteiger partial charge is 0.325 e. The summed E-state index contributed by atoms with van der Waals surface area (Å²) in [5, 5.41) is 5.42. The molecule has 21 heavy (non-hydrogen) atoms. The van der Waals surface area contributed by atoms with Crippen LogP contribution in [0, 0.1) is 0 Å². The van der Waals surface area contributed by atoms with E-state index in [1.54, 1.807) is 6.08 Å². The molecular formula is C15H23N3O3. The Bertz CT molecular complexity index is 439. The van der Waals surface area contributed by atoms with Crippen molar-refractivity contribution >= 4 is 17.8 Å². The minimum absolute atomic E-state index is 0.222. The van der Waals surface area contributed by atoms with E-state index in [4.69, 9.17) is 0 Å². The first kappa shape index (κ1) is 15.5. The van der Waals surface area contributed by atoms with Gasteiger partial charge >= 0.3 is 6.03 Å². The fourth-order valence-electron chi connectivity index (χ4n) is 3.05. The van der Waals surface area contributed by atoms with Crippen molar-refractivity contribution in [1.82, 2.24) is 15.5 Å². The van der Waals surface area contributed by atoms with Gasteiger partial charge in [-0.2, -0.15) is 0 Å². The molecule has 0 radical (unpaired) electrons. The minimum atomic E-state index is -0.782. The van der Waals surface area contributed by atoms with E-state index < -0.39 is 11.6 Å². The third-order valence-electron chi connectivity index (χ3n) is 4.20. The van der Waals surface area contributed by atoms with E-state index in [1.165, 1.54) is 6.42 Å². The maximum atomic E-state index is 12.6. The van der Waals surface area contributed by atoms with Gasteiger partial charge in [-0.1, -0.05) is 38.2 Å². The second-order valence-electron chi connectivity index (χ2n) is 5.76. The lowest BCUT2D eigenvalue weighted by Crippen LogP contribution is -2.48. The van der Waals surface area contributed by atoms with Gasteiger partial charge < -0.3 is 10.6 Å². The fourth-order valence-corrected chi connectivity index (χ4v) is 3.05. The molecule has 1 saturated carbocycles. The Balaban J connectivity index is 2.04. The van der Waals surface area contributed by atoms with Gasteiger partial charge in [-0.05, 0) is 12.8 Å². The highest BCUT2D eigenvalue weighted by Gasteiger charge is 2.50. The van der Waals surface area contributed by atoms with Crippen LogP contribution in [0.2, 0.25) is 0 Å². The molecule has 1 spiro atoms. The molecule has 4 amide bonds. The van der Waals surface area contributed by atoms with E-state index in [1.807, 2.05) is 0 Å². The first-order valence-electron chi connectivity index (χ1n) is 7.61. The van der Waals surface area contributed by atoms with E-state index in [0.717, 1.165) is 30.6 Å². The molecule has 2 rings (SSSR count). The molecule has 0 bridgehead atoms. The van der Waals surface area contributed by atoms with Gasteiger partial charge in [-0.25, -0.2) is 4.79 Å². The SMILES string of the molecule is C=CCNC(=O)CN1C(=O)NC2(CCCCCCC2)C1=O. The highest BCUT2D eigenvalue weighted by atomic mass is 16.2. The summed E-state index contributed by atoms with van der Waals surface area (Å²) < 4.78 is 0. The van der Waals surface area contributed by atoms with Crippen LogP contribution in [-0.4, -0.2) is 41.4 Å². The van der Waals surface area contributed by atoms with Gasteiger partial charge in [0.25, 0.3) is 5.91 Å². The standard InChI is InChI=1S/C15H23N3O3/c1-2-10-16-12(19)11-18-13(20)15(17-14(18)21)8-6-4-3-5-7-9-15/h2H,1,3-11H2,(H,16,19)(H,17,21). The Kier molecular flexibility index (Phi) is 4.98. The second kappa shape index (κ2) is 6.74. The van der Waals surface area contributed by atoms with Crippen LogP contribution in [-0.2, 0) is 9.59 Å². The molecule has 6 heteroatoms. The van der Waals surface area contributed by atoms with Crippen molar-refractivity contribution in [3.8, 4) is 0 Å². The quantitative estimate of drug-likeness (QED) is 0.606. The van der Waals surface area contributed by atoms with Crippen LogP contribution in [0.15, 0.2) is 12.7 Å². The first-order chi connectivity index (χ1) is 10.1. The summed E-state index contributed by atoms with van der Waals surface area (Å²) >= 11 is 0. The van der Waals surface area contributed by atoms with Gasteiger partial charge in [-0.3, -0.25) is 14.5 Å². The van der Waals surface area contributed by atoms with Crippen LogP contribution in [0.3, 0.4) is 0 Å². The number of amides is 4. The Labute approximate surface area is 124 Å². The van der Waals surface area contributed by atoms with Crippen molar-refractivity contribution in [2.75, 3.05) is 13.1 Å². The van der Waals surface area contributed by atoms with Gasteiger partial charge in [0.1, 0.15) is 12.1 Å². The van der Waals surface area contributed by atoms with Gasteiger partial charge in [0, 0.05) is 6.54 Å². The average Bonchev–Trinajstić information content (AvgIpc) is 2.66. The van der Waals surface area contributed by atoms with Gasteiger partial charge in [0.15, 0.2) is 0 Å². The average molecular weight is 293 g/mol. The minimum Gasteiger partial charge on any atom is -0.351 e. The largest absolute Gasteiger partial charge is 0.351 e. The van der Waals surface area contributed by atoms with Crippen LogP contribution in [0.5, 0.6) is 0 Å². The number of urea groups is 1. The van der Waals surface area contributed by atoms with E-state index in [0.29, 0.717) is 19.4 Å². The third-order valence-corrected chi connectivity index (χ3v) is 4.20. The molecule has 2 fully saturated rings. The summed E-state index contributed by atoms with van der Waals surface area (Å²) in [6.45, 7) is 3.61. The van der Waals surface area contributed by atoms with Crippen LogP contribution in [0.4, 0.5) is 4.79 Å². The lowest BCUT2D eigenvalue weighted by molar-refractivity contribution is -0.135. The van der Waals surface area contributed by atoms with E-state index in [2.05, 4.69) is 17.2 Å². The molecular weight excluding hydrogens is 270 g/mol. The normalized spacial score (nSPS) is 21.6.